The molecule has 3 nitrogen and oxygen atoms in total. The fraction of sp³-hybridized carbons (Fsp3) is 1.00. The van der Waals surface area contributed by atoms with Gasteiger partial charge in [0.2, 0.25) is 0 Å². The van der Waals surface area contributed by atoms with Crippen LogP contribution in [0.5, 0.6) is 0 Å². The summed E-state index contributed by atoms with van der Waals surface area (Å²) in [6.45, 7) is 3.59. The van der Waals surface area contributed by atoms with Gasteiger partial charge in [-0.3, -0.25) is 0 Å². The molecule has 3 N–H and O–H groups in total. The molecule has 19 heavy (non-hydrogen) atoms. The van der Waals surface area contributed by atoms with E-state index in [-0.39, 0.29) is 0 Å². The first-order valence-corrected chi connectivity index (χ1v) is 8.31. The average molecular weight is 266 g/mol. The van der Waals surface area contributed by atoms with Gasteiger partial charge in [-0.15, -0.1) is 0 Å². The van der Waals surface area contributed by atoms with Crippen molar-refractivity contribution in [2.75, 3.05) is 26.2 Å². The molecule has 110 valence electrons. The standard InChI is InChI=1S/C16H30N2O/c17-12-16(19,14-4-5-14)13-18-10-8-15(9-11-18)6-2-1-3-7-15/h14,19H,1-13,17H2. The first-order chi connectivity index (χ1) is 9.16. The van der Waals surface area contributed by atoms with Crippen molar-refractivity contribution in [2.24, 2.45) is 17.1 Å². The predicted octanol–water partition coefficient (Wildman–Crippen LogP) is 2.13. The van der Waals surface area contributed by atoms with E-state index in [0.29, 0.717) is 17.9 Å². The molecule has 3 heteroatoms. The van der Waals surface area contributed by atoms with E-state index < -0.39 is 5.60 Å². The van der Waals surface area contributed by atoms with E-state index in [9.17, 15) is 5.11 Å². The lowest BCUT2D eigenvalue weighted by molar-refractivity contribution is -0.0292. The van der Waals surface area contributed by atoms with E-state index in [2.05, 4.69) is 4.90 Å². The molecule has 1 atom stereocenters. The second-order valence-electron chi connectivity index (χ2n) is 7.42. The highest BCUT2D eigenvalue weighted by atomic mass is 16.3. The monoisotopic (exact) mass is 266 g/mol. The van der Waals surface area contributed by atoms with Gasteiger partial charge < -0.3 is 15.7 Å². The normalized spacial score (nSPS) is 31.3. The smallest absolute Gasteiger partial charge is 0.0923 e. The first kappa shape index (κ1) is 13.8. The number of hydrogen-bond acceptors (Lipinski definition) is 3. The molecule has 3 fully saturated rings. The molecule has 0 aromatic heterocycles. The third-order valence-electron chi connectivity index (χ3n) is 6.02. The number of aliphatic hydroxyl groups is 1. The zero-order chi connectivity index (χ0) is 13.3. The highest BCUT2D eigenvalue weighted by Crippen LogP contribution is 2.45. The van der Waals surface area contributed by atoms with Crippen LogP contribution < -0.4 is 5.73 Å². The highest BCUT2D eigenvalue weighted by molar-refractivity contribution is 4.99. The summed E-state index contributed by atoms with van der Waals surface area (Å²) in [5.74, 6) is 0.475. The highest BCUT2D eigenvalue weighted by Gasteiger charge is 2.45. The van der Waals surface area contributed by atoms with Gasteiger partial charge in [0.25, 0.3) is 0 Å². The Balaban J connectivity index is 1.52. The Kier molecular flexibility index (Phi) is 3.89. The van der Waals surface area contributed by atoms with Crippen LogP contribution in [-0.4, -0.2) is 41.8 Å². The van der Waals surface area contributed by atoms with Crippen molar-refractivity contribution in [3.8, 4) is 0 Å². The summed E-state index contributed by atoms with van der Waals surface area (Å²) in [6.07, 6.45) is 12.3. The molecule has 2 aliphatic carbocycles. The SMILES string of the molecule is NCC(O)(CN1CCC2(CCCCC2)CC1)C1CC1. The fourth-order valence-corrected chi connectivity index (χ4v) is 4.36. The maximum atomic E-state index is 10.6. The summed E-state index contributed by atoms with van der Waals surface area (Å²) >= 11 is 0. The Morgan fingerprint density at radius 1 is 1.05 bits per heavy atom. The minimum Gasteiger partial charge on any atom is -0.387 e. The van der Waals surface area contributed by atoms with Gasteiger partial charge in [-0.2, -0.15) is 0 Å². The quantitative estimate of drug-likeness (QED) is 0.819. The van der Waals surface area contributed by atoms with Gasteiger partial charge >= 0.3 is 0 Å². The summed E-state index contributed by atoms with van der Waals surface area (Å²) in [5, 5.41) is 10.6. The van der Waals surface area contributed by atoms with Crippen LogP contribution in [0.25, 0.3) is 0 Å². The average Bonchev–Trinajstić information content (AvgIpc) is 3.28. The number of nitrogens with two attached hydrogens (primary N) is 1. The largest absolute Gasteiger partial charge is 0.387 e. The fourth-order valence-electron chi connectivity index (χ4n) is 4.36. The number of hydrogen-bond donors (Lipinski definition) is 2. The second kappa shape index (κ2) is 5.34. The van der Waals surface area contributed by atoms with Crippen molar-refractivity contribution >= 4 is 0 Å². The van der Waals surface area contributed by atoms with Crippen LogP contribution in [0.15, 0.2) is 0 Å². The molecule has 1 saturated heterocycles. The molecule has 0 bridgehead atoms. The number of piperidine rings is 1. The lowest BCUT2D eigenvalue weighted by atomic mass is 9.68. The van der Waals surface area contributed by atoms with E-state index >= 15 is 0 Å². The molecule has 0 aromatic rings. The topological polar surface area (TPSA) is 49.5 Å². The summed E-state index contributed by atoms with van der Waals surface area (Å²) in [5.41, 5.74) is 5.89. The second-order valence-corrected chi connectivity index (χ2v) is 7.42. The molecule has 2 saturated carbocycles. The number of nitrogens with zero attached hydrogens (tertiary/aromatic N) is 1. The third-order valence-corrected chi connectivity index (χ3v) is 6.02. The summed E-state index contributed by atoms with van der Waals surface area (Å²) < 4.78 is 0. The van der Waals surface area contributed by atoms with Gasteiger partial charge in [-0.1, -0.05) is 19.3 Å². The number of likely N-dealkylation sites (tertiary alicyclic amines) is 1. The summed E-state index contributed by atoms with van der Waals surface area (Å²) in [7, 11) is 0. The van der Waals surface area contributed by atoms with E-state index in [1.54, 1.807) is 0 Å². The molecular weight excluding hydrogens is 236 g/mol. The minimum atomic E-state index is -0.600. The van der Waals surface area contributed by atoms with Crippen molar-refractivity contribution in [1.82, 2.24) is 4.90 Å². The van der Waals surface area contributed by atoms with E-state index in [4.69, 9.17) is 5.73 Å². The van der Waals surface area contributed by atoms with Gasteiger partial charge in [0.05, 0.1) is 5.60 Å². The predicted molar refractivity (Wildman–Crippen MR) is 77.9 cm³/mol. The van der Waals surface area contributed by atoms with Crippen molar-refractivity contribution in [1.29, 1.82) is 0 Å². The molecule has 0 radical (unpaired) electrons. The van der Waals surface area contributed by atoms with E-state index in [1.807, 2.05) is 0 Å². The van der Waals surface area contributed by atoms with Crippen molar-refractivity contribution in [3.05, 3.63) is 0 Å². The molecule has 1 aliphatic heterocycles. The lowest BCUT2D eigenvalue weighted by Gasteiger charge is -2.46. The minimum absolute atomic E-state index is 0.430. The van der Waals surface area contributed by atoms with Crippen molar-refractivity contribution in [2.45, 2.75) is 63.4 Å². The van der Waals surface area contributed by atoms with Crippen LogP contribution in [0, 0.1) is 11.3 Å². The van der Waals surface area contributed by atoms with Gasteiger partial charge in [0, 0.05) is 13.1 Å². The van der Waals surface area contributed by atoms with Gasteiger partial charge in [0.15, 0.2) is 0 Å². The molecule has 1 spiro atoms. The Morgan fingerprint density at radius 2 is 1.68 bits per heavy atom. The molecule has 0 aromatic carbocycles. The Bertz CT molecular complexity index is 300. The van der Waals surface area contributed by atoms with Crippen LogP contribution in [0.3, 0.4) is 0 Å². The molecule has 1 unspecified atom stereocenters. The summed E-state index contributed by atoms with van der Waals surface area (Å²) in [4.78, 5) is 2.48. The number of rotatable bonds is 4. The maximum absolute atomic E-state index is 10.6. The van der Waals surface area contributed by atoms with Crippen LogP contribution in [0.1, 0.15) is 57.8 Å². The Hall–Kier alpha value is -0.120. The molecule has 0 amide bonds. The van der Waals surface area contributed by atoms with E-state index in [0.717, 1.165) is 6.54 Å². The maximum Gasteiger partial charge on any atom is 0.0923 e. The van der Waals surface area contributed by atoms with Crippen molar-refractivity contribution < 1.29 is 5.11 Å². The van der Waals surface area contributed by atoms with E-state index in [1.165, 1.54) is 70.9 Å². The lowest BCUT2D eigenvalue weighted by Crippen LogP contribution is -2.53. The Labute approximate surface area is 117 Å². The van der Waals surface area contributed by atoms with Gasteiger partial charge in [-0.05, 0) is 62.9 Å². The zero-order valence-electron chi connectivity index (χ0n) is 12.2. The van der Waals surface area contributed by atoms with Gasteiger partial charge in [0.1, 0.15) is 0 Å². The van der Waals surface area contributed by atoms with Crippen LogP contribution in [-0.2, 0) is 0 Å². The first-order valence-electron chi connectivity index (χ1n) is 8.31. The molecule has 1 heterocycles. The van der Waals surface area contributed by atoms with Crippen molar-refractivity contribution in [3.63, 3.8) is 0 Å². The Morgan fingerprint density at radius 3 is 2.21 bits per heavy atom. The van der Waals surface area contributed by atoms with Crippen LogP contribution in [0.2, 0.25) is 0 Å². The van der Waals surface area contributed by atoms with Crippen LogP contribution >= 0.6 is 0 Å². The molecule has 3 aliphatic rings. The third kappa shape index (κ3) is 2.98. The number of β-amino-alcohol motifs (C(OH)–C–C–N with tert-alkyl or cyclic N) is 1. The molecule has 3 rings (SSSR count). The van der Waals surface area contributed by atoms with Crippen LogP contribution in [0.4, 0.5) is 0 Å². The zero-order valence-corrected chi connectivity index (χ0v) is 12.2. The van der Waals surface area contributed by atoms with Gasteiger partial charge in [-0.25, -0.2) is 0 Å². The summed E-state index contributed by atoms with van der Waals surface area (Å²) in [6, 6.07) is 0. The molecular formula is C16H30N2O.